The van der Waals surface area contributed by atoms with Gasteiger partial charge in [0.25, 0.3) is 0 Å². The molecule has 1 amide bonds. The Morgan fingerprint density at radius 1 is 1.36 bits per heavy atom. The molecule has 1 aromatic carbocycles. The Morgan fingerprint density at radius 3 is 2.73 bits per heavy atom. The van der Waals surface area contributed by atoms with Crippen molar-refractivity contribution in [3.05, 3.63) is 40.2 Å². The lowest BCUT2D eigenvalue weighted by Crippen LogP contribution is -2.30. The molecule has 0 spiro atoms. The van der Waals surface area contributed by atoms with E-state index in [1.165, 1.54) is 5.56 Å². The van der Waals surface area contributed by atoms with Crippen LogP contribution in [0.3, 0.4) is 0 Å². The number of nitrogens with zero attached hydrogens (tertiary/aromatic N) is 1. The second kappa shape index (κ2) is 8.06. The van der Waals surface area contributed by atoms with Crippen LogP contribution in [0.4, 0.5) is 0 Å². The first-order valence-corrected chi connectivity index (χ1v) is 8.26. The van der Waals surface area contributed by atoms with Crippen LogP contribution >= 0.6 is 11.3 Å². The lowest BCUT2D eigenvalue weighted by molar-refractivity contribution is -0.119. The largest absolute Gasteiger partial charge is 0.378 e. The second-order valence-electron chi connectivity index (χ2n) is 5.40. The third-order valence-electron chi connectivity index (χ3n) is 3.38. The molecule has 0 aliphatic heterocycles. The molecule has 0 saturated heterocycles. The minimum Gasteiger partial charge on any atom is -0.378 e. The topological polar surface area (TPSA) is 51.2 Å². The Hall–Kier alpha value is -1.72. The summed E-state index contributed by atoms with van der Waals surface area (Å²) in [6.45, 7) is 4.14. The summed E-state index contributed by atoms with van der Waals surface area (Å²) < 4.78 is 5.10. The third-order valence-corrected chi connectivity index (χ3v) is 4.21. The van der Waals surface area contributed by atoms with Gasteiger partial charge in [-0.3, -0.25) is 4.79 Å². The van der Waals surface area contributed by atoms with Crippen molar-refractivity contribution in [1.29, 1.82) is 0 Å². The number of rotatable bonds is 7. The summed E-state index contributed by atoms with van der Waals surface area (Å²) >= 11 is 1.62. The van der Waals surface area contributed by atoms with E-state index in [1.54, 1.807) is 25.4 Å². The summed E-state index contributed by atoms with van der Waals surface area (Å²) in [4.78, 5) is 15.5. The average molecular weight is 318 g/mol. The van der Waals surface area contributed by atoms with Gasteiger partial charge < -0.3 is 10.1 Å². The van der Waals surface area contributed by atoms with Gasteiger partial charge in [-0.15, -0.1) is 11.3 Å². The van der Waals surface area contributed by atoms with Crippen molar-refractivity contribution in [3.8, 4) is 11.3 Å². The van der Waals surface area contributed by atoms with Crippen molar-refractivity contribution in [2.24, 2.45) is 0 Å². The molecule has 22 heavy (non-hydrogen) atoms. The SMILES string of the molecule is COCc1nc(-c2ccc(CC[C@H](C)NC(C)=O)cc2)cs1. The molecule has 118 valence electrons. The molecular weight excluding hydrogens is 296 g/mol. The van der Waals surface area contributed by atoms with Gasteiger partial charge in [0.2, 0.25) is 5.91 Å². The van der Waals surface area contributed by atoms with Crippen LogP contribution in [-0.4, -0.2) is 24.0 Å². The van der Waals surface area contributed by atoms with E-state index < -0.39 is 0 Å². The number of hydrogen-bond donors (Lipinski definition) is 1. The Balaban J connectivity index is 1.93. The Morgan fingerprint density at radius 2 is 2.09 bits per heavy atom. The Bertz CT molecular complexity index is 607. The summed E-state index contributed by atoms with van der Waals surface area (Å²) in [5.74, 6) is 0.0262. The van der Waals surface area contributed by atoms with E-state index in [-0.39, 0.29) is 11.9 Å². The molecule has 0 saturated carbocycles. The summed E-state index contributed by atoms with van der Waals surface area (Å²) in [7, 11) is 1.68. The van der Waals surface area contributed by atoms with Crippen molar-refractivity contribution in [2.45, 2.75) is 39.3 Å². The molecular formula is C17H22N2O2S. The van der Waals surface area contributed by atoms with Gasteiger partial charge >= 0.3 is 0 Å². The fourth-order valence-electron chi connectivity index (χ4n) is 2.28. The molecule has 0 fully saturated rings. The molecule has 0 bridgehead atoms. The molecule has 1 atom stereocenters. The van der Waals surface area contributed by atoms with E-state index in [0.29, 0.717) is 6.61 Å². The highest BCUT2D eigenvalue weighted by Crippen LogP contribution is 2.23. The number of methoxy groups -OCH3 is 1. The van der Waals surface area contributed by atoms with Gasteiger partial charge in [0.05, 0.1) is 12.3 Å². The number of thiazole rings is 1. The molecule has 1 aromatic heterocycles. The molecule has 5 heteroatoms. The lowest BCUT2D eigenvalue weighted by atomic mass is 10.0. The van der Waals surface area contributed by atoms with Crippen LogP contribution < -0.4 is 5.32 Å². The van der Waals surface area contributed by atoms with Crippen LogP contribution in [0, 0.1) is 0 Å². The molecule has 2 aromatic rings. The molecule has 0 aliphatic rings. The number of carbonyl (C=O) groups is 1. The van der Waals surface area contributed by atoms with Crippen molar-refractivity contribution in [1.82, 2.24) is 10.3 Å². The summed E-state index contributed by atoms with van der Waals surface area (Å²) in [5, 5.41) is 5.95. The molecule has 1 N–H and O–H groups in total. The van der Waals surface area contributed by atoms with Crippen molar-refractivity contribution >= 4 is 17.2 Å². The Labute approximate surface area is 135 Å². The van der Waals surface area contributed by atoms with Crippen LogP contribution in [0.15, 0.2) is 29.6 Å². The molecule has 0 unspecified atom stereocenters. The average Bonchev–Trinajstić information content (AvgIpc) is 2.94. The van der Waals surface area contributed by atoms with Gasteiger partial charge in [-0.2, -0.15) is 0 Å². The summed E-state index contributed by atoms with van der Waals surface area (Å²) in [6, 6.07) is 8.66. The van der Waals surface area contributed by atoms with Crippen molar-refractivity contribution in [2.75, 3.05) is 7.11 Å². The van der Waals surface area contributed by atoms with Gasteiger partial charge in [0, 0.05) is 31.0 Å². The highest BCUT2D eigenvalue weighted by molar-refractivity contribution is 7.09. The fraction of sp³-hybridized carbons (Fsp3) is 0.412. The number of benzene rings is 1. The quantitative estimate of drug-likeness (QED) is 0.851. The van der Waals surface area contributed by atoms with Crippen molar-refractivity contribution < 1.29 is 9.53 Å². The van der Waals surface area contributed by atoms with E-state index in [0.717, 1.165) is 29.1 Å². The van der Waals surface area contributed by atoms with Crippen molar-refractivity contribution in [3.63, 3.8) is 0 Å². The summed E-state index contributed by atoms with van der Waals surface area (Å²) in [6.07, 6.45) is 1.89. The standard InChI is InChI=1S/C17H22N2O2S/c1-12(18-13(2)20)4-5-14-6-8-15(9-7-14)16-11-22-17(19-16)10-21-3/h6-9,11-12H,4-5,10H2,1-3H3,(H,18,20)/t12-/m0/s1. The molecule has 1 heterocycles. The smallest absolute Gasteiger partial charge is 0.217 e. The first-order chi connectivity index (χ1) is 10.6. The summed E-state index contributed by atoms with van der Waals surface area (Å²) in [5.41, 5.74) is 3.39. The predicted molar refractivity (Wildman–Crippen MR) is 89.9 cm³/mol. The molecule has 4 nitrogen and oxygen atoms in total. The van der Waals surface area contributed by atoms with E-state index in [2.05, 4.69) is 39.9 Å². The predicted octanol–water partition coefficient (Wildman–Crippen LogP) is 3.41. The van der Waals surface area contributed by atoms with E-state index >= 15 is 0 Å². The number of ether oxygens (including phenoxy) is 1. The van der Waals surface area contributed by atoms with Gasteiger partial charge in [0.15, 0.2) is 0 Å². The monoisotopic (exact) mass is 318 g/mol. The first kappa shape index (κ1) is 16.6. The zero-order chi connectivity index (χ0) is 15.9. The molecule has 2 rings (SSSR count). The van der Waals surface area contributed by atoms with Crippen LogP contribution in [0.25, 0.3) is 11.3 Å². The molecule has 0 aliphatic carbocycles. The van der Waals surface area contributed by atoms with Crippen LogP contribution in [0.2, 0.25) is 0 Å². The number of amides is 1. The van der Waals surface area contributed by atoms with Crippen LogP contribution in [-0.2, 0) is 22.6 Å². The zero-order valence-electron chi connectivity index (χ0n) is 13.3. The van der Waals surface area contributed by atoms with E-state index in [4.69, 9.17) is 4.74 Å². The van der Waals surface area contributed by atoms with Crippen LogP contribution in [0.1, 0.15) is 30.8 Å². The minimum atomic E-state index is 0.0262. The second-order valence-corrected chi connectivity index (χ2v) is 6.34. The minimum absolute atomic E-state index is 0.0262. The van der Waals surface area contributed by atoms with Crippen LogP contribution in [0.5, 0.6) is 0 Å². The highest BCUT2D eigenvalue weighted by atomic mass is 32.1. The number of aryl methyl sites for hydroxylation is 1. The Kier molecular flexibility index (Phi) is 6.10. The normalized spacial score (nSPS) is 12.1. The maximum atomic E-state index is 11.0. The highest BCUT2D eigenvalue weighted by Gasteiger charge is 2.06. The van der Waals surface area contributed by atoms with Gasteiger partial charge in [-0.05, 0) is 25.3 Å². The van der Waals surface area contributed by atoms with Gasteiger partial charge in [-0.25, -0.2) is 4.98 Å². The maximum absolute atomic E-state index is 11.0. The first-order valence-electron chi connectivity index (χ1n) is 7.38. The fourth-order valence-corrected chi connectivity index (χ4v) is 3.05. The zero-order valence-corrected chi connectivity index (χ0v) is 14.1. The number of nitrogens with one attached hydrogen (secondary N) is 1. The van der Waals surface area contributed by atoms with Gasteiger partial charge in [0.1, 0.15) is 5.01 Å². The lowest BCUT2D eigenvalue weighted by Gasteiger charge is -2.12. The number of hydrogen-bond acceptors (Lipinski definition) is 4. The number of carbonyl (C=O) groups excluding carboxylic acids is 1. The maximum Gasteiger partial charge on any atom is 0.217 e. The molecule has 0 radical (unpaired) electrons. The van der Waals surface area contributed by atoms with Gasteiger partial charge in [-0.1, -0.05) is 24.3 Å². The van der Waals surface area contributed by atoms with E-state index in [1.807, 2.05) is 6.92 Å². The third kappa shape index (κ3) is 4.93. The number of aromatic nitrogens is 1. The van der Waals surface area contributed by atoms with E-state index in [9.17, 15) is 4.79 Å².